The van der Waals surface area contributed by atoms with Crippen LogP contribution in [-0.2, 0) is 13.1 Å². The smallest absolute Gasteiger partial charge is 0.231 e. The zero-order valence-corrected chi connectivity index (χ0v) is 11.3. The lowest BCUT2D eigenvalue weighted by atomic mass is 10.1. The lowest BCUT2D eigenvalue weighted by Crippen LogP contribution is -2.12. The van der Waals surface area contributed by atoms with Gasteiger partial charge in [-0.15, -0.1) is 0 Å². The Kier molecular flexibility index (Phi) is 3.69. The van der Waals surface area contributed by atoms with Gasteiger partial charge < -0.3 is 19.5 Å². The molecule has 0 aliphatic carbocycles. The second kappa shape index (κ2) is 5.79. The third-order valence-corrected chi connectivity index (χ3v) is 3.10. The summed E-state index contributed by atoms with van der Waals surface area (Å²) in [4.78, 5) is 4.09. The van der Waals surface area contributed by atoms with Crippen LogP contribution in [0.15, 0.2) is 36.7 Å². The molecule has 5 heteroatoms. The zero-order chi connectivity index (χ0) is 13.8. The molecule has 0 saturated heterocycles. The van der Waals surface area contributed by atoms with Crippen LogP contribution < -0.4 is 19.5 Å². The SMILES string of the molecule is COc1cc(CNCc2cccnc2)cc2c1OCO2. The Bertz CT molecular complexity index is 587. The van der Waals surface area contributed by atoms with Crippen LogP contribution in [0, 0.1) is 0 Å². The highest BCUT2D eigenvalue weighted by Gasteiger charge is 2.19. The molecule has 1 N–H and O–H groups in total. The maximum atomic E-state index is 5.41. The molecular weight excluding hydrogens is 256 g/mol. The molecule has 1 aliphatic heterocycles. The maximum absolute atomic E-state index is 5.41. The molecule has 0 fully saturated rings. The van der Waals surface area contributed by atoms with Crippen LogP contribution in [0.2, 0.25) is 0 Å². The zero-order valence-electron chi connectivity index (χ0n) is 11.3. The highest BCUT2D eigenvalue weighted by atomic mass is 16.7. The van der Waals surface area contributed by atoms with Gasteiger partial charge in [-0.2, -0.15) is 0 Å². The van der Waals surface area contributed by atoms with Crippen molar-refractivity contribution in [1.29, 1.82) is 0 Å². The number of nitrogens with one attached hydrogen (secondary N) is 1. The predicted molar refractivity (Wildman–Crippen MR) is 73.9 cm³/mol. The molecule has 0 saturated carbocycles. The summed E-state index contributed by atoms with van der Waals surface area (Å²) in [7, 11) is 1.63. The van der Waals surface area contributed by atoms with Crippen LogP contribution in [-0.4, -0.2) is 18.9 Å². The molecule has 0 spiro atoms. The van der Waals surface area contributed by atoms with Gasteiger partial charge >= 0.3 is 0 Å². The van der Waals surface area contributed by atoms with Crippen LogP contribution >= 0.6 is 0 Å². The topological polar surface area (TPSA) is 52.6 Å². The fraction of sp³-hybridized carbons (Fsp3) is 0.267. The highest BCUT2D eigenvalue weighted by molar-refractivity contribution is 5.55. The van der Waals surface area contributed by atoms with Crippen LogP contribution in [0.1, 0.15) is 11.1 Å². The fourth-order valence-electron chi connectivity index (χ4n) is 2.14. The third-order valence-electron chi connectivity index (χ3n) is 3.10. The second-order valence-corrected chi connectivity index (χ2v) is 4.50. The van der Waals surface area contributed by atoms with E-state index >= 15 is 0 Å². The molecule has 0 atom stereocenters. The number of benzene rings is 1. The number of pyridine rings is 1. The van der Waals surface area contributed by atoms with Crippen LogP contribution in [0.5, 0.6) is 17.2 Å². The first-order chi connectivity index (χ1) is 9.86. The summed E-state index contributed by atoms with van der Waals surface area (Å²) in [5, 5.41) is 3.37. The highest BCUT2D eigenvalue weighted by Crippen LogP contribution is 2.41. The van der Waals surface area contributed by atoms with Gasteiger partial charge in [0.05, 0.1) is 7.11 Å². The van der Waals surface area contributed by atoms with Gasteiger partial charge in [0, 0.05) is 25.5 Å². The van der Waals surface area contributed by atoms with Crippen molar-refractivity contribution < 1.29 is 14.2 Å². The number of methoxy groups -OCH3 is 1. The molecule has 0 unspecified atom stereocenters. The monoisotopic (exact) mass is 272 g/mol. The van der Waals surface area contributed by atoms with Gasteiger partial charge in [0.25, 0.3) is 0 Å². The van der Waals surface area contributed by atoms with E-state index in [2.05, 4.69) is 10.3 Å². The minimum atomic E-state index is 0.248. The van der Waals surface area contributed by atoms with Crippen molar-refractivity contribution in [2.45, 2.75) is 13.1 Å². The molecule has 2 aromatic rings. The van der Waals surface area contributed by atoms with Crippen molar-refractivity contribution in [2.24, 2.45) is 0 Å². The lowest BCUT2D eigenvalue weighted by Gasteiger charge is -2.09. The van der Waals surface area contributed by atoms with Crippen LogP contribution in [0.25, 0.3) is 0 Å². The molecule has 2 heterocycles. The second-order valence-electron chi connectivity index (χ2n) is 4.50. The van der Waals surface area contributed by atoms with Crippen molar-refractivity contribution in [1.82, 2.24) is 10.3 Å². The number of rotatable bonds is 5. The standard InChI is InChI=1S/C15H16N2O3/c1-18-13-5-12(6-14-15(13)20-10-19-14)9-17-8-11-3-2-4-16-7-11/h2-7,17H,8-10H2,1H3. The molecule has 0 amide bonds. The van der Waals surface area contributed by atoms with E-state index in [-0.39, 0.29) is 6.79 Å². The van der Waals surface area contributed by atoms with Crippen molar-refractivity contribution in [2.75, 3.05) is 13.9 Å². The molecule has 1 aliphatic rings. The Morgan fingerprint density at radius 2 is 2.15 bits per heavy atom. The number of hydrogen-bond acceptors (Lipinski definition) is 5. The minimum absolute atomic E-state index is 0.248. The van der Waals surface area contributed by atoms with E-state index in [0.717, 1.165) is 30.0 Å². The molecule has 20 heavy (non-hydrogen) atoms. The van der Waals surface area contributed by atoms with Crippen molar-refractivity contribution >= 4 is 0 Å². The van der Waals surface area contributed by atoms with E-state index in [9.17, 15) is 0 Å². The van der Waals surface area contributed by atoms with Gasteiger partial charge in [-0.05, 0) is 29.3 Å². The van der Waals surface area contributed by atoms with E-state index in [0.29, 0.717) is 11.5 Å². The Morgan fingerprint density at radius 3 is 2.95 bits per heavy atom. The first kappa shape index (κ1) is 12.7. The maximum Gasteiger partial charge on any atom is 0.231 e. The summed E-state index contributed by atoms with van der Waals surface area (Å²) >= 11 is 0. The predicted octanol–water partition coefficient (Wildman–Crippen LogP) is 2.11. The number of nitrogens with zero attached hydrogens (tertiary/aromatic N) is 1. The number of hydrogen-bond donors (Lipinski definition) is 1. The van der Waals surface area contributed by atoms with Crippen molar-refractivity contribution in [3.8, 4) is 17.2 Å². The molecule has 3 rings (SSSR count). The summed E-state index contributed by atoms with van der Waals surface area (Å²) < 4.78 is 16.1. The summed E-state index contributed by atoms with van der Waals surface area (Å²) in [5.41, 5.74) is 2.25. The van der Waals surface area contributed by atoms with Crippen LogP contribution in [0.3, 0.4) is 0 Å². The average Bonchev–Trinajstić information content (AvgIpc) is 2.96. The van der Waals surface area contributed by atoms with E-state index < -0.39 is 0 Å². The number of fused-ring (bicyclic) bond motifs is 1. The Hall–Kier alpha value is -2.27. The number of aromatic nitrogens is 1. The van der Waals surface area contributed by atoms with Crippen molar-refractivity contribution in [3.63, 3.8) is 0 Å². The average molecular weight is 272 g/mol. The van der Waals surface area contributed by atoms with Gasteiger partial charge in [-0.3, -0.25) is 4.98 Å². The summed E-state index contributed by atoms with van der Waals surface area (Å²) in [6.07, 6.45) is 3.62. The molecule has 0 bridgehead atoms. The Balaban J connectivity index is 1.66. The molecule has 5 nitrogen and oxygen atoms in total. The fourth-order valence-corrected chi connectivity index (χ4v) is 2.14. The summed E-state index contributed by atoms with van der Waals surface area (Å²) in [5.74, 6) is 2.13. The first-order valence-electron chi connectivity index (χ1n) is 6.43. The molecule has 0 radical (unpaired) electrons. The van der Waals surface area contributed by atoms with E-state index in [1.165, 1.54) is 0 Å². The molecule has 1 aromatic carbocycles. The van der Waals surface area contributed by atoms with Gasteiger partial charge in [0.15, 0.2) is 11.5 Å². The minimum Gasteiger partial charge on any atom is -0.493 e. The summed E-state index contributed by atoms with van der Waals surface area (Å²) in [6.45, 7) is 1.74. The Morgan fingerprint density at radius 1 is 1.25 bits per heavy atom. The number of ether oxygens (including phenoxy) is 3. The van der Waals surface area contributed by atoms with Gasteiger partial charge in [-0.1, -0.05) is 6.07 Å². The van der Waals surface area contributed by atoms with Crippen molar-refractivity contribution in [3.05, 3.63) is 47.8 Å². The van der Waals surface area contributed by atoms with Gasteiger partial charge in [-0.25, -0.2) is 0 Å². The molecule has 104 valence electrons. The van der Waals surface area contributed by atoms with E-state index in [1.54, 1.807) is 13.3 Å². The normalized spacial score (nSPS) is 12.4. The quantitative estimate of drug-likeness (QED) is 0.903. The first-order valence-corrected chi connectivity index (χ1v) is 6.43. The van der Waals surface area contributed by atoms with Crippen LogP contribution in [0.4, 0.5) is 0 Å². The lowest BCUT2D eigenvalue weighted by molar-refractivity contribution is 0.171. The third kappa shape index (κ3) is 2.67. The van der Waals surface area contributed by atoms with Gasteiger partial charge in [0.2, 0.25) is 12.5 Å². The van der Waals surface area contributed by atoms with E-state index in [1.807, 2.05) is 30.5 Å². The molecular formula is C15H16N2O3. The largest absolute Gasteiger partial charge is 0.493 e. The van der Waals surface area contributed by atoms with Gasteiger partial charge in [0.1, 0.15) is 0 Å². The Labute approximate surface area is 117 Å². The summed E-state index contributed by atoms with van der Waals surface area (Å²) in [6, 6.07) is 7.91. The molecule has 1 aromatic heterocycles. The van der Waals surface area contributed by atoms with E-state index in [4.69, 9.17) is 14.2 Å².